The number of ether oxygens (including phenoxy) is 3. The van der Waals surface area contributed by atoms with Crippen molar-refractivity contribution in [1.29, 1.82) is 0 Å². The van der Waals surface area contributed by atoms with Crippen LogP contribution in [0.3, 0.4) is 0 Å². The predicted molar refractivity (Wildman–Crippen MR) is 118 cm³/mol. The Hall–Kier alpha value is -2.39. The Kier molecular flexibility index (Phi) is 5.71. The number of pyridine rings is 1. The number of hydrogen-bond acceptors (Lipinski definition) is 6. The van der Waals surface area contributed by atoms with Gasteiger partial charge in [0.2, 0.25) is 0 Å². The first-order valence-corrected chi connectivity index (χ1v) is 11.0. The number of nitrogens with zero attached hydrogens (tertiary/aromatic N) is 3. The quantitative estimate of drug-likeness (QED) is 0.516. The summed E-state index contributed by atoms with van der Waals surface area (Å²) in [6.45, 7) is 2.99. The van der Waals surface area contributed by atoms with Crippen LogP contribution in [0.4, 0.5) is 10.2 Å². The average Bonchev–Trinajstić information content (AvgIpc) is 3.49. The number of benzene rings is 1. The molecule has 4 atom stereocenters. The fourth-order valence-corrected chi connectivity index (χ4v) is 4.93. The van der Waals surface area contributed by atoms with Crippen molar-refractivity contribution in [3.8, 4) is 16.9 Å². The third-order valence-electron chi connectivity index (χ3n) is 5.95. The second-order valence-electron chi connectivity index (χ2n) is 7.93. The molecule has 3 unspecified atom stereocenters. The van der Waals surface area contributed by atoms with Crippen molar-refractivity contribution in [3.05, 3.63) is 58.2 Å². The zero-order valence-corrected chi connectivity index (χ0v) is 18.7. The van der Waals surface area contributed by atoms with Gasteiger partial charge >= 0.3 is 0 Å². The molecule has 2 aliphatic rings. The monoisotopic (exact) mass is 478 g/mol. The maximum absolute atomic E-state index is 13.9. The molecule has 0 aliphatic carbocycles. The second kappa shape index (κ2) is 8.51. The zero-order valence-electron chi connectivity index (χ0n) is 17.2. The minimum absolute atomic E-state index is 0.0815. The summed E-state index contributed by atoms with van der Waals surface area (Å²) in [4.78, 5) is 4.26. The molecule has 2 saturated heterocycles. The normalized spacial score (nSPS) is 23.3. The zero-order chi connectivity index (χ0) is 22.4. The predicted octanol–water partition coefficient (Wildman–Crippen LogP) is 5.05. The van der Waals surface area contributed by atoms with Crippen molar-refractivity contribution in [2.24, 2.45) is 5.92 Å². The molecule has 7 nitrogen and oxygen atoms in total. The number of nitrogen functional groups attached to an aromatic ring is 1. The molecule has 32 heavy (non-hydrogen) atoms. The van der Waals surface area contributed by atoms with E-state index >= 15 is 0 Å². The van der Waals surface area contributed by atoms with E-state index in [9.17, 15) is 4.39 Å². The second-order valence-corrected chi connectivity index (χ2v) is 8.71. The number of hydrogen-bond donors (Lipinski definition) is 1. The van der Waals surface area contributed by atoms with Gasteiger partial charge in [-0.3, -0.25) is 4.68 Å². The third-order valence-corrected chi connectivity index (χ3v) is 6.67. The first-order valence-electron chi connectivity index (χ1n) is 10.3. The lowest BCUT2D eigenvalue weighted by Gasteiger charge is -2.19. The van der Waals surface area contributed by atoms with Crippen molar-refractivity contribution in [2.45, 2.75) is 31.8 Å². The van der Waals surface area contributed by atoms with Gasteiger partial charge in [-0.05, 0) is 31.5 Å². The van der Waals surface area contributed by atoms with Crippen LogP contribution in [0.1, 0.15) is 31.1 Å². The van der Waals surface area contributed by atoms with Gasteiger partial charge in [0, 0.05) is 40.0 Å². The van der Waals surface area contributed by atoms with Gasteiger partial charge in [-0.25, -0.2) is 9.37 Å². The molecule has 0 radical (unpaired) electrons. The van der Waals surface area contributed by atoms with Gasteiger partial charge in [0.15, 0.2) is 17.9 Å². The number of nitrogens with two attached hydrogens (primary N) is 1. The van der Waals surface area contributed by atoms with Gasteiger partial charge in [-0.15, -0.1) is 0 Å². The maximum Gasteiger partial charge on any atom is 0.166 e. The molecule has 1 aromatic carbocycles. The molecule has 2 N–H and O–H groups in total. The highest BCUT2D eigenvalue weighted by Crippen LogP contribution is 2.40. The van der Waals surface area contributed by atoms with E-state index in [1.54, 1.807) is 25.4 Å². The summed E-state index contributed by atoms with van der Waals surface area (Å²) in [5, 5.41) is 4.76. The van der Waals surface area contributed by atoms with Crippen molar-refractivity contribution in [2.75, 3.05) is 18.9 Å². The Balaban J connectivity index is 1.39. The molecular formula is C22H21Cl2FN4O3. The van der Waals surface area contributed by atoms with Crippen LogP contribution in [0.2, 0.25) is 10.0 Å². The molecule has 0 spiro atoms. The summed E-state index contributed by atoms with van der Waals surface area (Å²) >= 11 is 12.3. The molecule has 0 saturated carbocycles. The van der Waals surface area contributed by atoms with Gasteiger partial charge in [0.05, 0.1) is 30.5 Å². The minimum Gasteiger partial charge on any atom is -0.482 e. The summed E-state index contributed by atoms with van der Waals surface area (Å²) in [5.41, 5.74) is 8.02. The number of aromatic nitrogens is 3. The molecule has 0 amide bonds. The highest BCUT2D eigenvalue weighted by molar-refractivity contribution is 6.36. The standard InChI is InChI=1S/C22H21Cl2FN4O3/c1-11(19-15(23)2-3-16(25)20(19)24)32-18-6-12(7-27-21(18)26)13-8-28-29(9-13)17-10-31-22-14(17)4-5-30-22/h2-3,6-9,11,14,17,22H,4-5,10H2,1H3,(H2,26,27)/t11-,14?,17?,22?/m1/s1. The Morgan fingerprint density at radius 3 is 2.94 bits per heavy atom. The molecule has 2 fully saturated rings. The van der Waals surface area contributed by atoms with E-state index in [1.165, 1.54) is 12.1 Å². The smallest absolute Gasteiger partial charge is 0.166 e. The Labute approximate surface area is 194 Å². The Morgan fingerprint density at radius 2 is 2.09 bits per heavy atom. The highest BCUT2D eigenvalue weighted by Gasteiger charge is 2.43. The third kappa shape index (κ3) is 3.81. The van der Waals surface area contributed by atoms with Gasteiger partial charge in [-0.2, -0.15) is 5.10 Å². The van der Waals surface area contributed by atoms with Crippen LogP contribution in [0.5, 0.6) is 5.75 Å². The molecule has 5 rings (SSSR count). The van der Waals surface area contributed by atoms with E-state index < -0.39 is 11.9 Å². The van der Waals surface area contributed by atoms with Gasteiger partial charge < -0.3 is 19.9 Å². The van der Waals surface area contributed by atoms with E-state index in [0.29, 0.717) is 35.5 Å². The molecule has 2 aromatic heterocycles. The van der Waals surface area contributed by atoms with Crippen LogP contribution in [-0.2, 0) is 9.47 Å². The van der Waals surface area contributed by atoms with Crippen molar-refractivity contribution < 1.29 is 18.6 Å². The molecule has 3 aromatic rings. The van der Waals surface area contributed by atoms with Crippen LogP contribution in [0, 0.1) is 11.7 Å². The highest BCUT2D eigenvalue weighted by atomic mass is 35.5. The molecular weight excluding hydrogens is 458 g/mol. The largest absolute Gasteiger partial charge is 0.482 e. The maximum atomic E-state index is 13.9. The molecule has 2 aliphatic heterocycles. The summed E-state index contributed by atoms with van der Waals surface area (Å²) in [5.74, 6) is 0.270. The van der Waals surface area contributed by atoms with Gasteiger partial charge in [0.1, 0.15) is 11.9 Å². The Bertz CT molecular complexity index is 1160. The molecule has 10 heteroatoms. The van der Waals surface area contributed by atoms with E-state index in [4.69, 9.17) is 43.1 Å². The summed E-state index contributed by atoms with van der Waals surface area (Å²) < 4.78 is 33.2. The number of halogens is 3. The van der Waals surface area contributed by atoms with Crippen LogP contribution >= 0.6 is 23.2 Å². The molecule has 0 bridgehead atoms. The lowest BCUT2D eigenvalue weighted by Crippen LogP contribution is -2.19. The van der Waals surface area contributed by atoms with Crippen molar-refractivity contribution in [1.82, 2.24) is 14.8 Å². The molecule has 4 heterocycles. The SMILES string of the molecule is C[C@@H](Oc1cc(-c2cnn(C3COC4OCCC43)c2)cnc1N)c1c(Cl)ccc(F)c1Cl. The lowest BCUT2D eigenvalue weighted by atomic mass is 10.0. The molecule has 168 valence electrons. The fourth-order valence-electron chi connectivity index (χ4n) is 4.26. The van der Waals surface area contributed by atoms with Crippen molar-refractivity contribution >= 4 is 29.0 Å². The minimum atomic E-state index is -0.650. The van der Waals surface area contributed by atoms with E-state index in [-0.39, 0.29) is 23.2 Å². The van der Waals surface area contributed by atoms with Crippen molar-refractivity contribution in [3.63, 3.8) is 0 Å². The Morgan fingerprint density at radius 1 is 1.25 bits per heavy atom. The van der Waals surface area contributed by atoms with Crippen LogP contribution in [-0.4, -0.2) is 34.3 Å². The average molecular weight is 479 g/mol. The number of anilines is 1. The van der Waals surface area contributed by atoms with E-state index in [2.05, 4.69) is 10.1 Å². The lowest BCUT2D eigenvalue weighted by molar-refractivity contribution is -0.0905. The van der Waals surface area contributed by atoms with Crippen LogP contribution < -0.4 is 10.5 Å². The first-order chi connectivity index (χ1) is 15.4. The van der Waals surface area contributed by atoms with E-state index in [0.717, 1.165) is 17.5 Å². The number of rotatable bonds is 5. The summed E-state index contributed by atoms with van der Waals surface area (Å²) in [6, 6.07) is 4.56. The number of fused-ring (bicyclic) bond motifs is 1. The van der Waals surface area contributed by atoms with E-state index in [1.807, 2.05) is 10.9 Å². The van der Waals surface area contributed by atoms with Crippen LogP contribution in [0.25, 0.3) is 11.1 Å². The van der Waals surface area contributed by atoms with Gasteiger partial charge in [0.25, 0.3) is 0 Å². The topological polar surface area (TPSA) is 84.4 Å². The fraction of sp³-hybridized carbons (Fsp3) is 0.364. The summed E-state index contributed by atoms with van der Waals surface area (Å²) in [7, 11) is 0. The van der Waals surface area contributed by atoms with Gasteiger partial charge in [-0.1, -0.05) is 23.2 Å². The summed E-state index contributed by atoms with van der Waals surface area (Å²) in [6.07, 6.45) is 5.54. The van der Waals surface area contributed by atoms with Crippen LogP contribution in [0.15, 0.2) is 36.8 Å². The first kappa shape index (κ1) is 21.5.